The van der Waals surface area contributed by atoms with E-state index in [1.54, 1.807) is 4.90 Å². The summed E-state index contributed by atoms with van der Waals surface area (Å²) in [6.07, 6.45) is -0.244. The Balaban J connectivity index is 1.69. The van der Waals surface area contributed by atoms with E-state index in [0.29, 0.717) is 26.3 Å². The summed E-state index contributed by atoms with van der Waals surface area (Å²) in [6, 6.07) is 9.95. The van der Waals surface area contributed by atoms with Gasteiger partial charge in [0.2, 0.25) is 5.91 Å². The number of benzene rings is 1. The standard InChI is InChI=1S/C15H19NO4/c1-15(19-7-8-20-15)13-10-16(14(17)11-18-13)9-12-5-3-2-4-6-12/h2-6,13H,7-11H2,1H3. The maximum absolute atomic E-state index is 12.0. The van der Waals surface area contributed by atoms with Crippen LogP contribution >= 0.6 is 0 Å². The van der Waals surface area contributed by atoms with E-state index < -0.39 is 5.79 Å². The molecule has 0 radical (unpaired) electrons. The molecule has 0 saturated carbocycles. The second kappa shape index (κ2) is 5.52. The molecule has 0 spiro atoms. The molecule has 2 saturated heterocycles. The van der Waals surface area contributed by atoms with Crippen LogP contribution in [0.4, 0.5) is 0 Å². The molecule has 2 aliphatic rings. The lowest BCUT2D eigenvalue weighted by Crippen LogP contribution is -2.55. The van der Waals surface area contributed by atoms with E-state index in [9.17, 15) is 4.79 Å². The Morgan fingerprint density at radius 2 is 1.95 bits per heavy atom. The SMILES string of the molecule is CC1(C2CN(Cc3ccccc3)C(=O)CO2)OCCO1. The zero-order valence-corrected chi connectivity index (χ0v) is 11.6. The van der Waals surface area contributed by atoms with Gasteiger partial charge in [0.25, 0.3) is 0 Å². The average Bonchev–Trinajstić information content (AvgIpc) is 2.90. The average molecular weight is 277 g/mol. The van der Waals surface area contributed by atoms with Crippen molar-refractivity contribution in [2.45, 2.75) is 25.4 Å². The third-order valence-electron chi connectivity index (χ3n) is 3.81. The van der Waals surface area contributed by atoms with Crippen LogP contribution in [0, 0.1) is 0 Å². The van der Waals surface area contributed by atoms with Gasteiger partial charge >= 0.3 is 0 Å². The summed E-state index contributed by atoms with van der Waals surface area (Å²) in [6.45, 7) is 4.19. The van der Waals surface area contributed by atoms with Gasteiger partial charge in [-0.1, -0.05) is 30.3 Å². The first-order chi connectivity index (χ1) is 9.67. The number of carbonyl (C=O) groups excluding carboxylic acids is 1. The highest BCUT2D eigenvalue weighted by atomic mass is 16.8. The van der Waals surface area contributed by atoms with Gasteiger partial charge in [-0.25, -0.2) is 0 Å². The Labute approximate surface area is 118 Å². The molecule has 108 valence electrons. The first-order valence-electron chi connectivity index (χ1n) is 6.88. The van der Waals surface area contributed by atoms with Gasteiger partial charge in [0.15, 0.2) is 5.79 Å². The van der Waals surface area contributed by atoms with Crippen molar-refractivity contribution in [1.82, 2.24) is 4.90 Å². The van der Waals surface area contributed by atoms with Crippen LogP contribution in [-0.4, -0.2) is 49.1 Å². The number of morpholine rings is 1. The van der Waals surface area contributed by atoms with Gasteiger partial charge in [0.1, 0.15) is 12.7 Å². The van der Waals surface area contributed by atoms with Crippen LogP contribution in [-0.2, 0) is 25.5 Å². The fraction of sp³-hybridized carbons (Fsp3) is 0.533. The van der Waals surface area contributed by atoms with Crippen molar-refractivity contribution in [2.75, 3.05) is 26.4 Å². The molecule has 3 rings (SSSR count). The maximum Gasteiger partial charge on any atom is 0.248 e. The molecule has 2 fully saturated rings. The van der Waals surface area contributed by atoms with E-state index in [4.69, 9.17) is 14.2 Å². The molecular weight excluding hydrogens is 258 g/mol. The summed E-state index contributed by atoms with van der Waals surface area (Å²) in [5.74, 6) is -0.734. The lowest BCUT2D eigenvalue weighted by molar-refractivity contribution is -0.236. The molecule has 1 aromatic carbocycles. The Bertz CT molecular complexity index is 470. The van der Waals surface area contributed by atoms with Gasteiger partial charge in [0.05, 0.1) is 19.8 Å². The van der Waals surface area contributed by atoms with Gasteiger partial charge in [-0.3, -0.25) is 4.79 Å². The van der Waals surface area contributed by atoms with E-state index in [0.717, 1.165) is 5.56 Å². The number of nitrogens with zero attached hydrogens (tertiary/aromatic N) is 1. The zero-order chi connectivity index (χ0) is 14.0. The predicted molar refractivity (Wildman–Crippen MR) is 71.9 cm³/mol. The van der Waals surface area contributed by atoms with Crippen LogP contribution in [0.5, 0.6) is 0 Å². The zero-order valence-electron chi connectivity index (χ0n) is 11.6. The fourth-order valence-corrected chi connectivity index (χ4v) is 2.61. The van der Waals surface area contributed by atoms with Gasteiger partial charge in [-0.15, -0.1) is 0 Å². The molecule has 2 heterocycles. The van der Waals surface area contributed by atoms with Crippen molar-refractivity contribution in [2.24, 2.45) is 0 Å². The summed E-state index contributed by atoms with van der Waals surface area (Å²) in [5.41, 5.74) is 1.11. The highest BCUT2D eigenvalue weighted by Gasteiger charge is 2.44. The van der Waals surface area contributed by atoms with Crippen molar-refractivity contribution in [3.63, 3.8) is 0 Å². The lowest BCUT2D eigenvalue weighted by atomic mass is 10.1. The molecule has 1 unspecified atom stereocenters. The molecule has 5 nitrogen and oxygen atoms in total. The summed E-state index contributed by atoms with van der Waals surface area (Å²) >= 11 is 0. The number of carbonyl (C=O) groups is 1. The number of hydrogen-bond donors (Lipinski definition) is 0. The monoisotopic (exact) mass is 277 g/mol. The number of rotatable bonds is 3. The van der Waals surface area contributed by atoms with Gasteiger partial charge in [-0.2, -0.15) is 0 Å². The van der Waals surface area contributed by atoms with E-state index in [2.05, 4.69) is 0 Å². The first-order valence-corrected chi connectivity index (χ1v) is 6.88. The Morgan fingerprint density at radius 3 is 2.65 bits per heavy atom. The second-order valence-electron chi connectivity index (χ2n) is 5.27. The molecule has 1 atom stereocenters. The molecular formula is C15H19NO4. The van der Waals surface area contributed by atoms with E-state index in [1.807, 2.05) is 37.3 Å². The molecule has 0 N–H and O–H groups in total. The molecule has 0 aromatic heterocycles. The summed E-state index contributed by atoms with van der Waals surface area (Å²) in [5, 5.41) is 0. The van der Waals surface area contributed by atoms with E-state index in [-0.39, 0.29) is 18.6 Å². The summed E-state index contributed by atoms with van der Waals surface area (Å²) in [4.78, 5) is 13.8. The van der Waals surface area contributed by atoms with Crippen molar-refractivity contribution in [1.29, 1.82) is 0 Å². The Hall–Kier alpha value is -1.43. The highest BCUT2D eigenvalue weighted by molar-refractivity contribution is 5.78. The number of amides is 1. The summed E-state index contributed by atoms with van der Waals surface area (Å²) in [7, 11) is 0. The molecule has 5 heteroatoms. The van der Waals surface area contributed by atoms with Crippen LogP contribution < -0.4 is 0 Å². The minimum absolute atomic E-state index is 0.00620. The minimum Gasteiger partial charge on any atom is -0.361 e. The largest absolute Gasteiger partial charge is 0.361 e. The van der Waals surface area contributed by atoms with Gasteiger partial charge in [0, 0.05) is 6.54 Å². The maximum atomic E-state index is 12.0. The van der Waals surface area contributed by atoms with E-state index >= 15 is 0 Å². The van der Waals surface area contributed by atoms with Crippen LogP contribution in [0.15, 0.2) is 30.3 Å². The van der Waals surface area contributed by atoms with Crippen LogP contribution in [0.25, 0.3) is 0 Å². The van der Waals surface area contributed by atoms with Crippen molar-refractivity contribution >= 4 is 5.91 Å². The van der Waals surface area contributed by atoms with Crippen LogP contribution in [0.1, 0.15) is 12.5 Å². The topological polar surface area (TPSA) is 48.0 Å². The third kappa shape index (κ3) is 2.70. The third-order valence-corrected chi connectivity index (χ3v) is 3.81. The number of hydrogen-bond acceptors (Lipinski definition) is 4. The number of ether oxygens (including phenoxy) is 3. The smallest absolute Gasteiger partial charge is 0.248 e. The Kier molecular flexibility index (Phi) is 3.74. The molecule has 1 amide bonds. The first kappa shape index (κ1) is 13.5. The lowest BCUT2D eigenvalue weighted by Gasteiger charge is -2.39. The van der Waals surface area contributed by atoms with Crippen LogP contribution in [0.3, 0.4) is 0 Å². The normalized spacial score (nSPS) is 25.9. The second-order valence-corrected chi connectivity index (χ2v) is 5.27. The van der Waals surface area contributed by atoms with Crippen molar-refractivity contribution < 1.29 is 19.0 Å². The van der Waals surface area contributed by atoms with E-state index in [1.165, 1.54) is 0 Å². The highest BCUT2D eigenvalue weighted by Crippen LogP contribution is 2.28. The molecule has 2 aliphatic heterocycles. The summed E-state index contributed by atoms with van der Waals surface area (Å²) < 4.78 is 16.9. The van der Waals surface area contributed by atoms with Crippen molar-refractivity contribution in [3.8, 4) is 0 Å². The van der Waals surface area contributed by atoms with Crippen molar-refractivity contribution in [3.05, 3.63) is 35.9 Å². The Morgan fingerprint density at radius 1 is 1.25 bits per heavy atom. The molecule has 0 aliphatic carbocycles. The minimum atomic E-state index is -0.740. The molecule has 1 aromatic rings. The van der Waals surface area contributed by atoms with Crippen LogP contribution in [0.2, 0.25) is 0 Å². The fourth-order valence-electron chi connectivity index (χ4n) is 2.61. The quantitative estimate of drug-likeness (QED) is 0.832. The predicted octanol–water partition coefficient (Wildman–Crippen LogP) is 1.18. The molecule has 0 bridgehead atoms. The van der Waals surface area contributed by atoms with Gasteiger partial charge in [-0.05, 0) is 12.5 Å². The van der Waals surface area contributed by atoms with Gasteiger partial charge < -0.3 is 19.1 Å². The molecule has 20 heavy (non-hydrogen) atoms.